The molecule has 3 rings (SSSR count). The molecule has 3 amide bonds. The normalized spacial score (nSPS) is 25.6. The van der Waals surface area contributed by atoms with Gasteiger partial charge in [-0.15, -0.1) is 0 Å². The van der Waals surface area contributed by atoms with Crippen molar-refractivity contribution in [1.82, 2.24) is 5.32 Å². The first kappa shape index (κ1) is 13.8. The van der Waals surface area contributed by atoms with Gasteiger partial charge in [0.1, 0.15) is 6.04 Å². The second-order valence-electron chi connectivity index (χ2n) is 5.91. The predicted octanol–water partition coefficient (Wildman–Crippen LogP) is 1.33. The summed E-state index contributed by atoms with van der Waals surface area (Å²) in [6.45, 7) is 3.89. The lowest BCUT2D eigenvalue weighted by atomic mass is 9.89. The molecule has 1 fully saturated rings. The van der Waals surface area contributed by atoms with Crippen LogP contribution >= 0.6 is 0 Å². The molecular weight excluding hydrogens is 268 g/mol. The summed E-state index contributed by atoms with van der Waals surface area (Å²) in [5.74, 6) is -0.830. The van der Waals surface area contributed by atoms with Crippen LogP contribution in [0.3, 0.4) is 0 Å². The molecule has 1 aromatic carbocycles. The highest BCUT2D eigenvalue weighted by atomic mass is 16.2. The number of imide groups is 1. The summed E-state index contributed by atoms with van der Waals surface area (Å²) >= 11 is 0. The van der Waals surface area contributed by atoms with Gasteiger partial charge in [0.05, 0.1) is 0 Å². The Hall–Kier alpha value is -2.17. The molecule has 0 aromatic heterocycles. The van der Waals surface area contributed by atoms with Gasteiger partial charge < -0.3 is 0 Å². The lowest BCUT2D eigenvalue weighted by molar-refractivity contribution is -0.136. The minimum atomic E-state index is -0.584. The number of carbonyl (C=O) groups excluding carboxylic acids is 3. The van der Waals surface area contributed by atoms with Crippen molar-refractivity contribution < 1.29 is 14.4 Å². The molecule has 0 saturated carbocycles. The molecule has 2 atom stereocenters. The van der Waals surface area contributed by atoms with Gasteiger partial charge in [-0.05, 0) is 31.4 Å². The summed E-state index contributed by atoms with van der Waals surface area (Å²) in [5.41, 5.74) is 3.03. The summed E-state index contributed by atoms with van der Waals surface area (Å²) in [6.07, 6.45) is 1.35. The van der Waals surface area contributed by atoms with E-state index < -0.39 is 6.04 Å². The molecule has 0 aliphatic carbocycles. The molecule has 5 heteroatoms. The number of piperidine rings is 1. The minimum Gasteiger partial charge on any atom is -0.299 e. The van der Waals surface area contributed by atoms with E-state index in [1.807, 2.05) is 26.0 Å². The van der Waals surface area contributed by atoms with E-state index in [1.54, 1.807) is 4.90 Å². The quantitative estimate of drug-likeness (QED) is 0.792. The second kappa shape index (κ2) is 4.98. The molecule has 5 nitrogen and oxygen atoms in total. The summed E-state index contributed by atoms with van der Waals surface area (Å²) in [7, 11) is 0. The molecule has 21 heavy (non-hydrogen) atoms. The number of rotatable bonds is 1. The van der Waals surface area contributed by atoms with E-state index in [1.165, 1.54) is 0 Å². The number of benzene rings is 1. The van der Waals surface area contributed by atoms with Crippen molar-refractivity contribution in [2.24, 2.45) is 5.92 Å². The van der Waals surface area contributed by atoms with Crippen molar-refractivity contribution in [1.29, 1.82) is 0 Å². The maximum Gasteiger partial charge on any atom is 0.249 e. The molecule has 1 saturated heterocycles. The minimum absolute atomic E-state index is 0.0409. The third kappa shape index (κ3) is 2.33. The molecule has 1 unspecified atom stereocenters. The van der Waals surface area contributed by atoms with E-state index in [0.717, 1.165) is 16.8 Å². The van der Waals surface area contributed by atoms with E-state index in [-0.39, 0.29) is 30.1 Å². The van der Waals surface area contributed by atoms with E-state index in [2.05, 4.69) is 11.4 Å². The van der Waals surface area contributed by atoms with Gasteiger partial charge in [-0.1, -0.05) is 24.6 Å². The zero-order valence-corrected chi connectivity index (χ0v) is 12.2. The third-order valence-electron chi connectivity index (χ3n) is 4.20. The maximum atomic E-state index is 12.6. The fourth-order valence-corrected chi connectivity index (χ4v) is 3.14. The Morgan fingerprint density at radius 2 is 2.00 bits per heavy atom. The number of nitrogens with zero attached hydrogens (tertiary/aromatic N) is 1. The number of hydrogen-bond donors (Lipinski definition) is 1. The Morgan fingerprint density at radius 1 is 1.24 bits per heavy atom. The molecule has 1 N–H and O–H groups in total. The molecular formula is C16H18N2O3. The van der Waals surface area contributed by atoms with Gasteiger partial charge in [-0.2, -0.15) is 0 Å². The van der Waals surface area contributed by atoms with Crippen molar-refractivity contribution in [3.05, 3.63) is 29.3 Å². The largest absolute Gasteiger partial charge is 0.299 e. The molecule has 2 aliphatic rings. The average Bonchev–Trinajstić information content (AvgIpc) is 2.42. The Kier molecular flexibility index (Phi) is 3.27. The summed E-state index contributed by atoms with van der Waals surface area (Å²) in [4.78, 5) is 37.6. The Balaban J connectivity index is 2.03. The highest BCUT2D eigenvalue weighted by Crippen LogP contribution is 2.34. The maximum absolute atomic E-state index is 12.6. The Morgan fingerprint density at radius 3 is 2.71 bits per heavy atom. The highest BCUT2D eigenvalue weighted by molar-refractivity contribution is 6.08. The number of amides is 3. The van der Waals surface area contributed by atoms with Gasteiger partial charge in [0.25, 0.3) is 0 Å². The lowest BCUT2D eigenvalue weighted by Gasteiger charge is -2.39. The number of anilines is 1. The van der Waals surface area contributed by atoms with Crippen LogP contribution in [0.15, 0.2) is 18.2 Å². The number of nitrogens with one attached hydrogen (secondary N) is 1. The van der Waals surface area contributed by atoms with Gasteiger partial charge >= 0.3 is 0 Å². The molecule has 0 spiro atoms. The van der Waals surface area contributed by atoms with E-state index in [0.29, 0.717) is 12.8 Å². The van der Waals surface area contributed by atoms with Gasteiger partial charge in [-0.3, -0.25) is 24.6 Å². The van der Waals surface area contributed by atoms with E-state index >= 15 is 0 Å². The topological polar surface area (TPSA) is 66.5 Å². The van der Waals surface area contributed by atoms with E-state index in [9.17, 15) is 14.4 Å². The summed E-state index contributed by atoms with van der Waals surface area (Å²) in [6, 6.07) is 5.33. The van der Waals surface area contributed by atoms with Crippen molar-refractivity contribution in [3.8, 4) is 0 Å². The zero-order chi connectivity index (χ0) is 15.1. The van der Waals surface area contributed by atoms with Crippen molar-refractivity contribution in [2.45, 2.75) is 39.2 Å². The first-order valence-corrected chi connectivity index (χ1v) is 7.23. The van der Waals surface area contributed by atoms with Crippen LogP contribution in [0.25, 0.3) is 0 Å². The van der Waals surface area contributed by atoms with Crippen LogP contribution in [0, 0.1) is 12.8 Å². The van der Waals surface area contributed by atoms with Crippen LogP contribution in [0.2, 0.25) is 0 Å². The second-order valence-corrected chi connectivity index (χ2v) is 5.91. The van der Waals surface area contributed by atoms with Crippen LogP contribution in [0.1, 0.15) is 30.9 Å². The first-order valence-electron chi connectivity index (χ1n) is 7.23. The standard InChI is InChI=1S/C16H18N2O3/c1-9-3-4-12-11(7-9)8-10(2)16(21)18(12)13-5-6-14(19)17-15(13)20/h3-4,7,10,13H,5-6,8H2,1-2H3,(H,17,19,20)/t10-,13?/m0/s1. The average molecular weight is 286 g/mol. The predicted molar refractivity (Wildman–Crippen MR) is 77.7 cm³/mol. The van der Waals surface area contributed by atoms with Crippen LogP contribution in [0.5, 0.6) is 0 Å². The van der Waals surface area contributed by atoms with Crippen LogP contribution in [-0.2, 0) is 20.8 Å². The first-order chi connectivity index (χ1) is 9.97. The molecule has 110 valence electrons. The SMILES string of the molecule is Cc1ccc2c(c1)C[C@H](C)C(=O)N2C1CCC(=O)NC1=O. The van der Waals surface area contributed by atoms with Gasteiger partial charge in [0.15, 0.2) is 0 Å². The van der Waals surface area contributed by atoms with Gasteiger partial charge in [-0.25, -0.2) is 0 Å². The summed E-state index contributed by atoms with van der Waals surface area (Å²) < 4.78 is 0. The fourth-order valence-electron chi connectivity index (χ4n) is 3.14. The monoisotopic (exact) mass is 286 g/mol. The van der Waals surface area contributed by atoms with Crippen LogP contribution in [-0.4, -0.2) is 23.8 Å². The molecule has 1 aromatic rings. The van der Waals surface area contributed by atoms with Crippen molar-refractivity contribution in [3.63, 3.8) is 0 Å². The molecule has 2 aliphatic heterocycles. The number of aryl methyl sites for hydroxylation is 1. The lowest BCUT2D eigenvalue weighted by Crippen LogP contribution is -2.57. The van der Waals surface area contributed by atoms with Gasteiger partial charge in [0, 0.05) is 18.0 Å². The Bertz CT molecular complexity index is 638. The number of hydrogen-bond acceptors (Lipinski definition) is 3. The summed E-state index contributed by atoms with van der Waals surface area (Å²) in [5, 5.41) is 2.33. The van der Waals surface area contributed by atoms with Gasteiger partial charge in [0.2, 0.25) is 17.7 Å². The zero-order valence-electron chi connectivity index (χ0n) is 12.2. The van der Waals surface area contributed by atoms with Crippen LogP contribution < -0.4 is 10.2 Å². The number of fused-ring (bicyclic) bond motifs is 1. The molecule has 2 heterocycles. The molecule has 0 radical (unpaired) electrons. The van der Waals surface area contributed by atoms with Crippen LogP contribution in [0.4, 0.5) is 5.69 Å². The van der Waals surface area contributed by atoms with Crippen molar-refractivity contribution in [2.75, 3.05) is 4.90 Å². The Labute approximate surface area is 123 Å². The third-order valence-corrected chi connectivity index (χ3v) is 4.20. The molecule has 0 bridgehead atoms. The number of carbonyl (C=O) groups is 3. The van der Waals surface area contributed by atoms with Crippen molar-refractivity contribution >= 4 is 23.4 Å². The smallest absolute Gasteiger partial charge is 0.249 e. The van der Waals surface area contributed by atoms with E-state index in [4.69, 9.17) is 0 Å². The fraction of sp³-hybridized carbons (Fsp3) is 0.438. The highest BCUT2D eigenvalue weighted by Gasteiger charge is 2.40.